The lowest BCUT2D eigenvalue weighted by Crippen LogP contribution is -2.37. The van der Waals surface area contributed by atoms with Gasteiger partial charge in [0.05, 0.1) is 6.61 Å². The molecule has 2 N–H and O–H groups in total. The molecule has 0 atom stereocenters. The summed E-state index contributed by atoms with van der Waals surface area (Å²) >= 11 is 0. The predicted octanol–water partition coefficient (Wildman–Crippen LogP) is 4.69. The fourth-order valence-corrected chi connectivity index (χ4v) is 3.80. The van der Waals surface area contributed by atoms with Crippen LogP contribution < -0.4 is 15.4 Å². The van der Waals surface area contributed by atoms with Gasteiger partial charge < -0.3 is 15.4 Å². The maximum absolute atomic E-state index is 12.6. The van der Waals surface area contributed by atoms with Crippen LogP contribution in [0.25, 0.3) is 11.1 Å². The van der Waals surface area contributed by atoms with Gasteiger partial charge in [-0.3, -0.25) is 9.78 Å². The van der Waals surface area contributed by atoms with Gasteiger partial charge in [-0.05, 0) is 70.3 Å². The highest BCUT2D eigenvalue weighted by Gasteiger charge is 2.25. The Morgan fingerprint density at radius 3 is 2.40 bits per heavy atom. The highest BCUT2D eigenvalue weighted by Crippen LogP contribution is 2.28. The largest absolute Gasteiger partial charge is 0.494 e. The molecule has 7 heteroatoms. The number of nitrogens with one attached hydrogen (secondary N) is 2. The van der Waals surface area contributed by atoms with E-state index in [2.05, 4.69) is 27.8 Å². The number of hydrogen-bond donors (Lipinski definition) is 2. The highest BCUT2D eigenvalue weighted by atomic mass is 35.5. The Kier molecular flexibility index (Phi) is 11.2. The van der Waals surface area contributed by atoms with Gasteiger partial charge in [-0.15, -0.1) is 24.8 Å². The summed E-state index contributed by atoms with van der Waals surface area (Å²) in [6.07, 6.45) is 5.91. The summed E-state index contributed by atoms with van der Waals surface area (Å²) in [5.41, 5.74) is 4.13. The van der Waals surface area contributed by atoms with Crippen molar-refractivity contribution in [2.45, 2.75) is 52.1 Å². The molecule has 30 heavy (non-hydrogen) atoms. The van der Waals surface area contributed by atoms with Crippen LogP contribution in [0.3, 0.4) is 0 Å². The van der Waals surface area contributed by atoms with Gasteiger partial charge in [0.2, 0.25) is 5.91 Å². The Morgan fingerprint density at radius 2 is 1.80 bits per heavy atom. The van der Waals surface area contributed by atoms with E-state index < -0.39 is 0 Å². The second kappa shape index (κ2) is 12.8. The molecule has 1 amide bonds. The van der Waals surface area contributed by atoms with Crippen LogP contribution in [0, 0.1) is 12.8 Å². The van der Waals surface area contributed by atoms with Crippen molar-refractivity contribution in [3.8, 4) is 16.9 Å². The molecule has 0 unspecified atom stereocenters. The summed E-state index contributed by atoms with van der Waals surface area (Å²) in [6.45, 7) is 5.03. The van der Waals surface area contributed by atoms with Crippen LogP contribution in [0.5, 0.6) is 5.75 Å². The standard InChI is InChI=1S/C23H31N3O2.2ClH/c1-4-28-22-12-9-18(19-6-5-16(2)25-14-19)13-20(22)15-26-23(27)17-7-10-21(24-3)11-8-17;;/h5-6,9,12-14,17,21,24H,4,7-8,10-11,15H2,1-3H3,(H,26,27);2*1H. The third-order valence-corrected chi connectivity index (χ3v) is 5.56. The van der Waals surface area contributed by atoms with E-state index in [9.17, 15) is 4.79 Å². The van der Waals surface area contributed by atoms with Gasteiger partial charge in [-0.25, -0.2) is 0 Å². The van der Waals surface area contributed by atoms with Crippen molar-refractivity contribution in [2.24, 2.45) is 5.92 Å². The first-order valence-corrected chi connectivity index (χ1v) is 10.2. The monoisotopic (exact) mass is 453 g/mol. The van der Waals surface area contributed by atoms with Crippen molar-refractivity contribution in [3.63, 3.8) is 0 Å². The number of aromatic nitrogens is 1. The second-order valence-corrected chi connectivity index (χ2v) is 7.50. The summed E-state index contributed by atoms with van der Waals surface area (Å²) in [5.74, 6) is 1.09. The van der Waals surface area contributed by atoms with Crippen LogP contribution in [0.4, 0.5) is 0 Å². The summed E-state index contributed by atoms with van der Waals surface area (Å²) in [4.78, 5) is 17.0. The molecule has 0 saturated heterocycles. The van der Waals surface area contributed by atoms with Crippen LogP contribution in [0.1, 0.15) is 43.9 Å². The number of aryl methyl sites for hydroxylation is 1. The summed E-state index contributed by atoms with van der Waals surface area (Å²) in [6, 6.07) is 10.7. The molecular weight excluding hydrogens is 421 g/mol. The third kappa shape index (κ3) is 6.86. The van der Waals surface area contributed by atoms with Crippen LogP contribution in [-0.4, -0.2) is 30.6 Å². The number of amides is 1. The zero-order chi connectivity index (χ0) is 19.9. The number of rotatable bonds is 7. The molecule has 5 nitrogen and oxygen atoms in total. The lowest BCUT2D eigenvalue weighted by molar-refractivity contribution is -0.126. The summed E-state index contributed by atoms with van der Waals surface area (Å²) < 4.78 is 5.78. The molecule has 3 rings (SSSR count). The van der Waals surface area contributed by atoms with E-state index in [0.29, 0.717) is 19.2 Å². The van der Waals surface area contributed by atoms with Crippen molar-refractivity contribution in [3.05, 3.63) is 47.8 Å². The highest BCUT2D eigenvalue weighted by molar-refractivity contribution is 5.85. The second-order valence-electron chi connectivity index (χ2n) is 7.50. The molecule has 0 bridgehead atoms. The van der Waals surface area contributed by atoms with Gasteiger partial charge in [0, 0.05) is 41.5 Å². The lowest BCUT2D eigenvalue weighted by Gasteiger charge is -2.27. The van der Waals surface area contributed by atoms with E-state index in [-0.39, 0.29) is 36.6 Å². The first-order chi connectivity index (χ1) is 13.6. The number of nitrogens with zero attached hydrogens (tertiary/aromatic N) is 1. The quantitative estimate of drug-likeness (QED) is 0.637. The molecule has 1 saturated carbocycles. The third-order valence-electron chi connectivity index (χ3n) is 5.56. The number of pyridine rings is 1. The van der Waals surface area contributed by atoms with Gasteiger partial charge in [0.15, 0.2) is 0 Å². The molecule has 1 aromatic carbocycles. The first kappa shape index (κ1) is 26.2. The Bertz CT molecular complexity index is 792. The first-order valence-electron chi connectivity index (χ1n) is 10.2. The fraction of sp³-hybridized carbons (Fsp3) is 0.478. The molecule has 0 spiro atoms. The molecule has 0 radical (unpaired) electrons. The predicted molar refractivity (Wildman–Crippen MR) is 127 cm³/mol. The van der Waals surface area contributed by atoms with Crippen molar-refractivity contribution < 1.29 is 9.53 Å². The minimum atomic E-state index is 0. The molecule has 1 aromatic heterocycles. The number of carbonyl (C=O) groups excluding carboxylic acids is 1. The number of carbonyl (C=O) groups is 1. The van der Waals surface area contributed by atoms with Gasteiger partial charge in [-0.2, -0.15) is 0 Å². The maximum Gasteiger partial charge on any atom is 0.223 e. The fourth-order valence-electron chi connectivity index (χ4n) is 3.80. The molecule has 1 aliphatic rings. The molecule has 1 aliphatic carbocycles. The lowest BCUT2D eigenvalue weighted by atomic mass is 9.85. The SMILES string of the molecule is CCOc1ccc(-c2ccc(C)nc2)cc1CNC(=O)C1CCC(NC)CC1.Cl.Cl. The summed E-state index contributed by atoms with van der Waals surface area (Å²) in [7, 11) is 2.00. The van der Waals surface area contributed by atoms with Gasteiger partial charge in [0.25, 0.3) is 0 Å². The smallest absolute Gasteiger partial charge is 0.223 e. The number of benzene rings is 1. The topological polar surface area (TPSA) is 63.2 Å². The number of ether oxygens (including phenoxy) is 1. The molecule has 1 heterocycles. The van der Waals surface area contributed by atoms with Crippen molar-refractivity contribution in [2.75, 3.05) is 13.7 Å². The molecular formula is C23H33Cl2N3O2. The maximum atomic E-state index is 12.6. The summed E-state index contributed by atoms with van der Waals surface area (Å²) in [5, 5.41) is 6.45. The van der Waals surface area contributed by atoms with Crippen molar-refractivity contribution in [1.82, 2.24) is 15.6 Å². The normalized spacial score (nSPS) is 18.0. The van der Waals surface area contributed by atoms with Crippen molar-refractivity contribution >= 4 is 30.7 Å². The molecule has 1 fully saturated rings. The average molecular weight is 454 g/mol. The van der Waals surface area contributed by atoms with Gasteiger partial charge in [-0.1, -0.05) is 12.1 Å². The van der Waals surface area contributed by atoms with Crippen LogP contribution in [0.15, 0.2) is 36.5 Å². The average Bonchev–Trinajstić information content (AvgIpc) is 2.73. The van der Waals surface area contributed by atoms with E-state index in [1.165, 1.54) is 0 Å². The van der Waals surface area contributed by atoms with Gasteiger partial charge >= 0.3 is 0 Å². The minimum absolute atomic E-state index is 0. The molecule has 0 aliphatic heterocycles. The van der Waals surface area contributed by atoms with E-state index >= 15 is 0 Å². The Balaban J connectivity index is 0.00000225. The van der Waals surface area contributed by atoms with Crippen LogP contribution >= 0.6 is 24.8 Å². The molecule has 2 aromatic rings. The van der Waals surface area contributed by atoms with Gasteiger partial charge in [0.1, 0.15) is 5.75 Å². The minimum Gasteiger partial charge on any atom is -0.494 e. The van der Waals surface area contributed by atoms with E-state index in [1.807, 2.05) is 45.3 Å². The van der Waals surface area contributed by atoms with Crippen LogP contribution in [0.2, 0.25) is 0 Å². The van der Waals surface area contributed by atoms with E-state index in [4.69, 9.17) is 4.74 Å². The molecule has 166 valence electrons. The van der Waals surface area contributed by atoms with Crippen LogP contribution in [-0.2, 0) is 11.3 Å². The Labute approximate surface area is 192 Å². The number of hydrogen-bond acceptors (Lipinski definition) is 4. The zero-order valence-electron chi connectivity index (χ0n) is 17.9. The van der Waals surface area contributed by atoms with E-state index in [0.717, 1.165) is 53.8 Å². The zero-order valence-corrected chi connectivity index (χ0v) is 19.6. The van der Waals surface area contributed by atoms with Crippen molar-refractivity contribution in [1.29, 1.82) is 0 Å². The number of halogens is 2. The Hall–Kier alpha value is -1.82. The Morgan fingerprint density at radius 1 is 1.10 bits per heavy atom. The van der Waals surface area contributed by atoms with E-state index in [1.54, 1.807) is 0 Å².